The molecule has 0 aromatic heterocycles. The minimum atomic E-state index is -4.04. The maximum absolute atomic E-state index is 14.0. The molecule has 0 saturated carbocycles. The molecule has 0 atom stereocenters. The molecule has 1 aromatic carbocycles. The summed E-state index contributed by atoms with van der Waals surface area (Å²) >= 11 is 0. The molecule has 0 aliphatic rings. The van der Waals surface area contributed by atoms with Crippen LogP contribution in [-0.2, 0) is 27.2 Å². The van der Waals surface area contributed by atoms with Crippen molar-refractivity contribution >= 4 is 20.8 Å². The summed E-state index contributed by atoms with van der Waals surface area (Å²) < 4.78 is 50.3. The number of aromatic hydroxyl groups is 1. The van der Waals surface area contributed by atoms with Crippen molar-refractivity contribution < 1.29 is 32.3 Å². The smallest absolute Gasteiger partial charge is 0.369 e. The number of phenols is 1. The van der Waals surface area contributed by atoms with Crippen molar-refractivity contribution in [3.63, 3.8) is 0 Å². The Morgan fingerprint density at radius 2 is 1.14 bits per heavy atom. The van der Waals surface area contributed by atoms with E-state index in [1.54, 1.807) is 39.8 Å². The number of hydrogen-bond donors (Lipinski definition) is 1. The van der Waals surface area contributed by atoms with Crippen molar-refractivity contribution in [2.45, 2.75) is 48.5 Å². The zero-order valence-corrected chi connectivity index (χ0v) is 20.2. The Balaban J connectivity index is 4.10. The summed E-state index contributed by atoms with van der Waals surface area (Å²) in [5, 5.41) is 9.62. The molecule has 9 heteroatoms. The quantitative estimate of drug-likeness (QED) is 0.379. The van der Waals surface area contributed by atoms with E-state index < -0.39 is 20.6 Å². The largest absolute Gasteiger partial charge is 0.508 e. The highest BCUT2D eigenvalue weighted by molar-refractivity contribution is 7.79. The fraction of sp³-hybridized carbons (Fsp3) is 0.600. The van der Waals surface area contributed by atoms with Gasteiger partial charge < -0.3 is 23.2 Å². The summed E-state index contributed by atoms with van der Waals surface area (Å²) in [4.78, 5) is 0. The van der Waals surface area contributed by atoms with E-state index >= 15 is 0 Å². The summed E-state index contributed by atoms with van der Waals surface area (Å²) in [5.41, 5.74) is 0.470. The molecule has 1 rings (SSSR count). The van der Waals surface area contributed by atoms with Crippen molar-refractivity contribution in [1.29, 1.82) is 0 Å². The Bertz CT molecular complexity index is 727. The molecule has 1 N–H and O–H groups in total. The molecule has 0 bridgehead atoms. The van der Waals surface area contributed by atoms with Crippen LogP contribution in [-0.4, -0.2) is 31.5 Å². The highest BCUT2D eigenvalue weighted by atomic mass is 31.2. The molecule has 0 radical (unpaired) electrons. The van der Waals surface area contributed by atoms with Crippen LogP contribution in [0.2, 0.25) is 0 Å². The van der Waals surface area contributed by atoms with Crippen molar-refractivity contribution in [3.05, 3.63) is 34.9 Å². The normalized spacial score (nSPS) is 12.8. The predicted octanol–water partition coefficient (Wildman–Crippen LogP) is 6.64. The number of hydrogen-bond acceptors (Lipinski definition) is 7. The molecule has 0 unspecified atom stereocenters. The van der Waals surface area contributed by atoms with Gasteiger partial charge in [-0.3, -0.25) is 9.13 Å². The standard InChI is InChI=1S/C20H34O7P2/c1-8-24-28(22,25-9-2)19(29(23,26-10-3)27-11-4)18(20(5,6)7)16-12-14-17(21)15-13-16/h12-15,21H,8-11H2,1-7H3. The SMILES string of the molecule is CCOP(=O)(OCC)C(=C(c1ccc(O)cc1)C(C)(C)C)P(=O)(OCC)OCC. The monoisotopic (exact) mass is 448 g/mol. The van der Waals surface area contributed by atoms with Crippen LogP contribution in [0.15, 0.2) is 29.3 Å². The predicted molar refractivity (Wildman–Crippen MR) is 116 cm³/mol. The fourth-order valence-corrected chi connectivity index (χ4v) is 8.32. The van der Waals surface area contributed by atoms with E-state index in [2.05, 4.69) is 0 Å². The van der Waals surface area contributed by atoms with Crippen molar-refractivity contribution in [2.24, 2.45) is 5.41 Å². The lowest BCUT2D eigenvalue weighted by molar-refractivity contribution is 0.214. The summed E-state index contributed by atoms with van der Waals surface area (Å²) in [5.74, 6) is 0.0826. The zero-order chi connectivity index (χ0) is 22.3. The molecule has 0 aliphatic heterocycles. The molecule has 29 heavy (non-hydrogen) atoms. The van der Waals surface area contributed by atoms with Crippen LogP contribution in [0.1, 0.15) is 54.0 Å². The van der Waals surface area contributed by atoms with Crippen molar-refractivity contribution in [2.75, 3.05) is 26.4 Å². The lowest BCUT2D eigenvalue weighted by Crippen LogP contribution is -2.15. The van der Waals surface area contributed by atoms with Crippen LogP contribution in [0.4, 0.5) is 0 Å². The van der Waals surface area contributed by atoms with Crippen LogP contribution >= 0.6 is 15.2 Å². The van der Waals surface area contributed by atoms with Gasteiger partial charge in [0.05, 0.1) is 26.4 Å². The van der Waals surface area contributed by atoms with E-state index in [0.29, 0.717) is 11.1 Å². The Morgan fingerprint density at radius 1 is 0.793 bits per heavy atom. The van der Waals surface area contributed by atoms with Crippen LogP contribution in [0.3, 0.4) is 0 Å². The molecule has 0 spiro atoms. The lowest BCUT2D eigenvalue weighted by Gasteiger charge is -2.33. The topological polar surface area (TPSA) is 91.3 Å². The van der Waals surface area contributed by atoms with E-state index in [4.69, 9.17) is 18.1 Å². The third-order valence-electron chi connectivity index (χ3n) is 3.84. The van der Waals surface area contributed by atoms with E-state index in [-0.39, 0.29) is 37.2 Å². The third-order valence-corrected chi connectivity index (χ3v) is 9.19. The van der Waals surface area contributed by atoms with Gasteiger partial charge in [0.2, 0.25) is 0 Å². The van der Waals surface area contributed by atoms with E-state index in [0.717, 1.165) is 0 Å². The number of allylic oxidation sites excluding steroid dienone is 1. The van der Waals surface area contributed by atoms with Crippen LogP contribution < -0.4 is 0 Å². The van der Waals surface area contributed by atoms with E-state index in [1.807, 2.05) is 20.8 Å². The molecular formula is C20H34O7P2. The average Bonchev–Trinajstić information content (AvgIpc) is 2.60. The van der Waals surface area contributed by atoms with Crippen LogP contribution in [0.5, 0.6) is 5.75 Å². The summed E-state index contributed by atoms with van der Waals surface area (Å²) in [7, 11) is -8.07. The molecule has 0 amide bonds. The summed E-state index contributed by atoms with van der Waals surface area (Å²) in [6.07, 6.45) is 0. The molecule has 7 nitrogen and oxygen atoms in total. The average molecular weight is 448 g/mol. The van der Waals surface area contributed by atoms with Gasteiger partial charge in [-0.15, -0.1) is 0 Å². The van der Waals surface area contributed by atoms with Gasteiger partial charge in [0.15, 0.2) is 5.06 Å². The van der Waals surface area contributed by atoms with E-state index in [9.17, 15) is 14.2 Å². The lowest BCUT2D eigenvalue weighted by atomic mass is 9.83. The molecule has 166 valence electrons. The van der Waals surface area contributed by atoms with Gasteiger partial charge in [-0.1, -0.05) is 32.9 Å². The van der Waals surface area contributed by atoms with Gasteiger partial charge in [-0.05, 0) is 56.4 Å². The first-order valence-corrected chi connectivity index (χ1v) is 12.9. The molecule has 0 heterocycles. The van der Waals surface area contributed by atoms with Crippen LogP contribution in [0.25, 0.3) is 5.57 Å². The minimum absolute atomic E-state index is 0.0826. The van der Waals surface area contributed by atoms with Gasteiger partial charge in [0, 0.05) is 0 Å². The van der Waals surface area contributed by atoms with Gasteiger partial charge in [0.25, 0.3) is 0 Å². The highest BCUT2D eigenvalue weighted by Gasteiger charge is 2.49. The Kier molecular flexibility index (Phi) is 9.81. The molecule has 0 fully saturated rings. The first kappa shape index (κ1) is 26.1. The van der Waals surface area contributed by atoms with Crippen LogP contribution in [0, 0.1) is 5.41 Å². The Labute approximate surface area is 174 Å². The summed E-state index contributed by atoms with van der Waals surface area (Å²) in [6.45, 7) is 12.8. The second-order valence-corrected chi connectivity index (χ2v) is 11.4. The molecule has 1 aromatic rings. The fourth-order valence-electron chi connectivity index (χ4n) is 2.95. The third kappa shape index (κ3) is 6.52. The maximum atomic E-state index is 14.0. The Hall–Kier alpha value is -0.940. The van der Waals surface area contributed by atoms with Gasteiger partial charge in [-0.25, -0.2) is 0 Å². The van der Waals surface area contributed by atoms with Gasteiger partial charge >= 0.3 is 15.2 Å². The van der Waals surface area contributed by atoms with E-state index in [1.165, 1.54) is 12.1 Å². The number of benzene rings is 1. The molecule has 0 aliphatic carbocycles. The molecular weight excluding hydrogens is 414 g/mol. The number of phenolic OH excluding ortho intramolecular Hbond substituents is 1. The van der Waals surface area contributed by atoms with Crippen molar-refractivity contribution in [3.8, 4) is 5.75 Å². The van der Waals surface area contributed by atoms with Gasteiger partial charge in [-0.2, -0.15) is 0 Å². The Morgan fingerprint density at radius 3 is 1.41 bits per heavy atom. The summed E-state index contributed by atoms with van der Waals surface area (Å²) in [6, 6.07) is 6.36. The first-order chi connectivity index (χ1) is 13.5. The molecule has 0 saturated heterocycles. The highest BCUT2D eigenvalue weighted by Crippen LogP contribution is 2.76. The number of rotatable bonds is 11. The second-order valence-electron chi connectivity index (χ2n) is 7.16. The maximum Gasteiger partial charge on any atom is 0.369 e. The van der Waals surface area contributed by atoms with Crippen molar-refractivity contribution in [1.82, 2.24) is 0 Å². The second kappa shape index (κ2) is 10.9. The van der Waals surface area contributed by atoms with Gasteiger partial charge in [0.1, 0.15) is 5.75 Å². The zero-order valence-electron chi connectivity index (χ0n) is 18.4. The first-order valence-electron chi connectivity index (χ1n) is 9.82. The minimum Gasteiger partial charge on any atom is -0.508 e.